The van der Waals surface area contributed by atoms with E-state index in [-0.39, 0.29) is 17.6 Å². The predicted octanol–water partition coefficient (Wildman–Crippen LogP) is 3.38. The molecule has 1 aliphatic carbocycles. The summed E-state index contributed by atoms with van der Waals surface area (Å²) in [4.78, 5) is 36.3. The van der Waals surface area contributed by atoms with Crippen LogP contribution in [-0.4, -0.2) is 55.2 Å². The first-order chi connectivity index (χ1) is 22.5. The van der Waals surface area contributed by atoms with Gasteiger partial charge in [-0.25, -0.2) is 4.98 Å². The zero-order valence-electron chi connectivity index (χ0n) is 27.9. The summed E-state index contributed by atoms with van der Waals surface area (Å²) < 4.78 is 7.58. The van der Waals surface area contributed by atoms with Gasteiger partial charge in [-0.3, -0.25) is 9.59 Å². The number of nitrogen functional groups attached to an aromatic ring is 1. The lowest BCUT2D eigenvalue weighted by molar-refractivity contribution is -0.130. The van der Waals surface area contributed by atoms with E-state index in [0.29, 0.717) is 56.4 Å². The van der Waals surface area contributed by atoms with Crippen molar-refractivity contribution in [2.75, 3.05) is 12.3 Å². The molecule has 1 aromatic carbocycles. The average molecular weight is 650 g/mol. The third kappa shape index (κ3) is 8.98. The third-order valence-electron chi connectivity index (χ3n) is 9.40. The van der Waals surface area contributed by atoms with Crippen LogP contribution in [0.25, 0.3) is 0 Å². The van der Waals surface area contributed by atoms with E-state index in [2.05, 4.69) is 34.3 Å². The number of aromatic nitrogens is 4. The number of allylic oxidation sites excluding steroid dienone is 1. The number of aryl methyl sites for hydroxylation is 3. The quantitative estimate of drug-likeness (QED) is 0.124. The number of phenolic OH excluding ortho intramolecular Hbond substituents is 1. The molecule has 13 nitrogen and oxygen atoms in total. The van der Waals surface area contributed by atoms with E-state index in [4.69, 9.17) is 26.7 Å². The number of carbonyl (C=O) groups is 2. The second kappa shape index (κ2) is 16.1. The fourth-order valence-electron chi connectivity index (χ4n) is 6.55. The number of anilines is 1. The highest BCUT2D eigenvalue weighted by atomic mass is 16.5. The Bertz CT molecular complexity index is 1510. The Balaban J connectivity index is 1.54. The number of rotatable bonds is 16. The maximum absolute atomic E-state index is 14.0. The van der Waals surface area contributed by atoms with Gasteiger partial charge >= 0.3 is 0 Å². The summed E-state index contributed by atoms with van der Waals surface area (Å²) in [5.74, 6) is 0.607. The Morgan fingerprint density at radius 1 is 1.17 bits per heavy atom. The first-order valence-electron chi connectivity index (χ1n) is 16.6. The van der Waals surface area contributed by atoms with Crippen molar-refractivity contribution in [1.82, 2.24) is 30.3 Å². The molecule has 0 spiro atoms. The van der Waals surface area contributed by atoms with Crippen LogP contribution in [-0.2, 0) is 28.0 Å². The molecule has 47 heavy (non-hydrogen) atoms. The second-order valence-electron chi connectivity index (χ2n) is 12.9. The van der Waals surface area contributed by atoms with Gasteiger partial charge in [0.25, 0.3) is 0 Å². The van der Waals surface area contributed by atoms with E-state index in [1.165, 1.54) is 5.57 Å². The van der Waals surface area contributed by atoms with Gasteiger partial charge in [0.15, 0.2) is 11.8 Å². The maximum atomic E-state index is 14.0. The van der Waals surface area contributed by atoms with Crippen molar-refractivity contribution in [2.24, 2.45) is 11.5 Å². The van der Waals surface area contributed by atoms with E-state index in [9.17, 15) is 14.7 Å². The maximum Gasteiger partial charge on any atom is 0.249 e. The first kappa shape index (κ1) is 35.6. The van der Waals surface area contributed by atoms with Crippen LogP contribution in [0.4, 0.5) is 5.95 Å². The highest BCUT2D eigenvalue weighted by molar-refractivity contribution is 5.90. The summed E-state index contributed by atoms with van der Waals surface area (Å²) in [5, 5.41) is 20.5. The van der Waals surface area contributed by atoms with Gasteiger partial charge in [-0.2, -0.15) is 4.98 Å². The van der Waals surface area contributed by atoms with Crippen LogP contribution in [0.2, 0.25) is 0 Å². The van der Waals surface area contributed by atoms with Crippen LogP contribution in [0, 0.1) is 13.8 Å². The molecule has 0 bridgehead atoms. The molecule has 1 aliphatic rings. The molecule has 13 heteroatoms. The van der Waals surface area contributed by atoms with Crippen LogP contribution in [0.15, 0.2) is 41.2 Å². The monoisotopic (exact) mass is 649 g/mol. The highest BCUT2D eigenvalue weighted by Gasteiger charge is 2.39. The molecule has 3 aromatic rings. The van der Waals surface area contributed by atoms with Crippen molar-refractivity contribution in [2.45, 2.75) is 115 Å². The Labute approximate surface area is 276 Å². The number of nitrogens with zero attached hydrogens (tertiary/aromatic N) is 4. The third-order valence-corrected chi connectivity index (χ3v) is 9.40. The van der Waals surface area contributed by atoms with Crippen molar-refractivity contribution >= 4 is 17.8 Å². The number of phenols is 1. The van der Waals surface area contributed by atoms with E-state index < -0.39 is 29.9 Å². The molecule has 0 radical (unpaired) electrons. The fourth-order valence-corrected chi connectivity index (χ4v) is 6.55. The van der Waals surface area contributed by atoms with Crippen molar-refractivity contribution in [3.8, 4) is 5.75 Å². The standard InChI is InChI=1S/C34H51N9O4/c1-5-34(12-6-9-21(2)20-34)32-41-31(47-42-32)27(11-7-13-35)39-30(46)28(19-25-22(3)17-24(44)18-23(25)4)40-29(45)26(36)10-8-15-43-16-14-38-33(43)37/h14,16-18,26-28,44H,2,5-13,15,19-20,35-36H2,1,3-4H3,(H2,37,38)(H,39,46)(H,40,45)/t26-,27+,28+,34?/m1/s1. The molecular formula is C34H51N9O4. The van der Waals surface area contributed by atoms with Crippen LogP contribution in [0.5, 0.6) is 5.75 Å². The van der Waals surface area contributed by atoms with Gasteiger partial charge in [0.05, 0.1) is 6.04 Å². The zero-order valence-corrected chi connectivity index (χ0v) is 27.9. The number of nitrogens with one attached hydrogen (secondary N) is 2. The molecule has 1 fully saturated rings. The molecule has 0 aliphatic heterocycles. The van der Waals surface area contributed by atoms with Crippen molar-refractivity contribution in [1.29, 1.82) is 0 Å². The summed E-state index contributed by atoms with van der Waals surface area (Å²) in [6, 6.07) is 0.856. The van der Waals surface area contributed by atoms with Crippen molar-refractivity contribution < 1.29 is 19.2 Å². The predicted molar refractivity (Wildman–Crippen MR) is 180 cm³/mol. The Morgan fingerprint density at radius 3 is 2.55 bits per heavy atom. The molecule has 2 amide bonds. The molecule has 256 valence electrons. The molecule has 1 saturated carbocycles. The lowest BCUT2D eigenvalue weighted by Crippen LogP contribution is -2.53. The van der Waals surface area contributed by atoms with Gasteiger partial charge in [0.1, 0.15) is 17.8 Å². The first-order valence-corrected chi connectivity index (χ1v) is 16.6. The molecule has 1 unspecified atom stereocenters. The number of amides is 2. The molecular weight excluding hydrogens is 598 g/mol. The van der Waals surface area contributed by atoms with Crippen molar-refractivity contribution in [3.63, 3.8) is 0 Å². The number of aromatic hydroxyl groups is 1. The van der Waals surface area contributed by atoms with Crippen LogP contribution >= 0.6 is 0 Å². The Morgan fingerprint density at radius 2 is 1.91 bits per heavy atom. The second-order valence-corrected chi connectivity index (χ2v) is 12.9. The number of hydrogen-bond donors (Lipinski definition) is 6. The van der Waals surface area contributed by atoms with Gasteiger partial charge in [-0.05, 0) is 107 Å². The fraction of sp³-hybridized carbons (Fsp3) is 0.559. The Kier molecular flexibility index (Phi) is 12.2. The van der Waals surface area contributed by atoms with E-state index in [0.717, 1.165) is 48.8 Å². The SMILES string of the molecule is C=C1CCCC(CC)(c2noc([C@H](CCCN)NC(=O)[C@H](Cc3c(C)cc(O)cc3C)NC(=O)[C@H](N)CCCn3ccnc3N)n2)C1. The van der Waals surface area contributed by atoms with Crippen LogP contribution < -0.4 is 27.8 Å². The lowest BCUT2D eigenvalue weighted by atomic mass is 9.70. The van der Waals surface area contributed by atoms with Gasteiger partial charge in [-0.1, -0.05) is 24.2 Å². The zero-order chi connectivity index (χ0) is 34.1. The lowest BCUT2D eigenvalue weighted by Gasteiger charge is -2.34. The van der Waals surface area contributed by atoms with Crippen molar-refractivity contribution in [3.05, 3.63) is 65.1 Å². The number of benzene rings is 1. The number of imidazole rings is 1. The van der Waals surface area contributed by atoms with Crippen LogP contribution in [0.3, 0.4) is 0 Å². The minimum absolute atomic E-state index is 0.134. The molecule has 9 N–H and O–H groups in total. The van der Waals surface area contributed by atoms with Gasteiger partial charge in [0, 0.05) is 30.8 Å². The molecule has 2 aromatic heterocycles. The number of carbonyl (C=O) groups excluding carboxylic acids is 2. The smallest absolute Gasteiger partial charge is 0.249 e. The van der Waals surface area contributed by atoms with E-state index in [1.807, 2.05) is 13.8 Å². The topological polar surface area (TPSA) is 213 Å². The average Bonchev–Trinajstić information content (AvgIpc) is 3.69. The minimum atomic E-state index is -0.966. The number of hydrogen-bond acceptors (Lipinski definition) is 10. The van der Waals surface area contributed by atoms with E-state index >= 15 is 0 Å². The Hall–Kier alpha value is -4.23. The molecule has 0 saturated heterocycles. The summed E-state index contributed by atoms with van der Waals surface area (Å²) in [7, 11) is 0. The minimum Gasteiger partial charge on any atom is -0.508 e. The van der Waals surface area contributed by atoms with Gasteiger partial charge in [-0.15, -0.1) is 0 Å². The summed E-state index contributed by atoms with van der Waals surface area (Å²) >= 11 is 0. The normalized spacial score (nSPS) is 18.4. The van der Waals surface area contributed by atoms with Gasteiger partial charge < -0.3 is 42.0 Å². The van der Waals surface area contributed by atoms with Crippen LogP contribution in [0.1, 0.15) is 99.2 Å². The molecule has 4 atom stereocenters. The summed E-state index contributed by atoms with van der Waals surface area (Å²) in [5.41, 5.74) is 21.4. The largest absolute Gasteiger partial charge is 0.508 e. The summed E-state index contributed by atoms with van der Waals surface area (Å²) in [6.07, 6.45) is 10.2. The highest BCUT2D eigenvalue weighted by Crippen LogP contribution is 2.42. The molecule has 4 rings (SSSR count). The van der Waals surface area contributed by atoms with Gasteiger partial charge in [0.2, 0.25) is 17.7 Å². The number of nitrogens with two attached hydrogens (primary N) is 3. The summed E-state index contributed by atoms with van der Waals surface area (Å²) in [6.45, 7) is 11.0. The van der Waals surface area contributed by atoms with E-state index in [1.54, 1.807) is 29.1 Å². The molecule has 2 heterocycles.